The summed E-state index contributed by atoms with van der Waals surface area (Å²) in [5.41, 5.74) is 0. The molecule has 0 aliphatic heterocycles. The summed E-state index contributed by atoms with van der Waals surface area (Å²) in [6.07, 6.45) is 0. The molecule has 0 bridgehead atoms. The average molecular weight is 92.1 g/mol. The number of rotatable bonds is 1. The first kappa shape index (κ1) is 4.85. The second-order valence-electron chi connectivity index (χ2n) is 0.485. The molecule has 0 saturated heterocycles. The lowest BCUT2D eigenvalue weighted by molar-refractivity contribution is 0.450. The van der Waals surface area contributed by atoms with Gasteiger partial charge in [0.1, 0.15) is 0 Å². The Morgan fingerprint density at radius 2 is 2.00 bits per heavy atom. The van der Waals surface area contributed by atoms with Gasteiger partial charge in [-0.3, -0.25) is 0 Å². The minimum atomic E-state index is -0.273. The largest absolute Gasteiger partial charge is 0.501 e. The minimum Gasteiger partial charge on any atom is -0.501 e. The fourth-order valence-electron chi connectivity index (χ4n) is 0. The Hall–Kier alpha value is -0.150. The monoisotopic (exact) mass is 92.0 g/mol. The molecule has 0 rings (SSSR count). The molecule has 0 aromatic carbocycles. The molecule has 0 atom stereocenters. The average Bonchev–Trinajstić information content (AvgIpc) is 1.38. The van der Waals surface area contributed by atoms with E-state index in [0.29, 0.717) is 0 Å². The summed E-state index contributed by atoms with van der Waals surface area (Å²) in [4.78, 5) is 0. The molecule has 0 aliphatic carbocycles. The van der Waals surface area contributed by atoms with Crippen LogP contribution < -0.4 is 0 Å². The summed E-state index contributed by atoms with van der Waals surface area (Å²) in [6.45, 7) is 2.94. The molecule has 2 nitrogen and oxygen atoms in total. The minimum absolute atomic E-state index is 0.241. The second-order valence-corrected chi connectivity index (χ2v) is 1.14. The summed E-state index contributed by atoms with van der Waals surface area (Å²) in [5.74, 6) is 0. The Labute approximate surface area is 34.3 Å². The SMILES string of the molecule is C=C(O)SO. The van der Waals surface area contributed by atoms with Gasteiger partial charge >= 0.3 is 0 Å². The van der Waals surface area contributed by atoms with Crippen LogP contribution in [0.4, 0.5) is 0 Å². The maximum Gasteiger partial charge on any atom is 0.169 e. The number of hydrogen-bond donors (Lipinski definition) is 2. The van der Waals surface area contributed by atoms with E-state index in [0.717, 1.165) is 0 Å². The Balaban J connectivity index is 2.85. The standard InChI is InChI=1S/C2H4O2S/c1-2(3)5-4/h3-4H,1H2. The van der Waals surface area contributed by atoms with Crippen molar-refractivity contribution in [3.8, 4) is 0 Å². The van der Waals surface area contributed by atoms with Gasteiger partial charge in [0.15, 0.2) is 5.09 Å². The van der Waals surface area contributed by atoms with E-state index in [4.69, 9.17) is 9.66 Å². The van der Waals surface area contributed by atoms with Crippen LogP contribution in [-0.2, 0) is 0 Å². The highest BCUT2D eigenvalue weighted by Crippen LogP contribution is 1.99. The summed E-state index contributed by atoms with van der Waals surface area (Å²) >= 11 is 0.241. The van der Waals surface area contributed by atoms with Crippen LogP contribution in [0.2, 0.25) is 0 Å². The first-order chi connectivity index (χ1) is 2.27. The molecule has 0 aliphatic rings. The van der Waals surface area contributed by atoms with E-state index < -0.39 is 0 Å². The predicted molar refractivity (Wildman–Crippen MR) is 22.0 cm³/mol. The molecule has 0 spiro atoms. The third-order valence-electron chi connectivity index (χ3n) is 0.105. The van der Waals surface area contributed by atoms with Crippen molar-refractivity contribution in [3.05, 3.63) is 11.7 Å². The van der Waals surface area contributed by atoms with Crippen molar-refractivity contribution in [1.82, 2.24) is 0 Å². The van der Waals surface area contributed by atoms with Gasteiger partial charge in [0.05, 0.1) is 12.0 Å². The quantitative estimate of drug-likeness (QED) is 0.377. The van der Waals surface area contributed by atoms with Gasteiger partial charge < -0.3 is 9.66 Å². The molecular weight excluding hydrogens is 88.1 g/mol. The van der Waals surface area contributed by atoms with Crippen molar-refractivity contribution >= 4 is 12.0 Å². The van der Waals surface area contributed by atoms with Gasteiger partial charge in [-0.05, 0) is 6.58 Å². The zero-order chi connectivity index (χ0) is 4.28. The van der Waals surface area contributed by atoms with Crippen LogP contribution in [0.1, 0.15) is 0 Å². The first-order valence-electron chi connectivity index (χ1n) is 0.964. The Morgan fingerprint density at radius 3 is 2.00 bits per heavy atom. The summed E-state index contributed by atoms with van der Waals surface area (Å²) in [6, 6.07) is 0. The van der Waals surface area contributed by atoms with E-state index >= 15 is 0 Å². The highest BCUT2D eigenvalue weighted by atomic mass is 32.2. The molecule has 0 aromatic heterocycles. The molecule has 3 heteroatoms. The van der Waals surface area contributed by atoms with E-state index in [2.05, 4.69) is 6.58 Å². The zero-order valence-corrected chi connectivity index (χ0v) is 3.33. The van der Waals surface area contributed by atoms with Crippen LogP contribution >= 0.6 is 12.0 Å². The topological polar surface area (TPSA) is 40.5 Å². The highest BCUT2D eigenvalue weighted by Gasteiger charge is 1.74. The fraction of sp³-hybridized carbons (Fsp3) is 0. The van der Waals surface area contributed by atoms with Gasteiger partial charge in [-0.25, -0.2) is 0 Å². The fourth-order valence-corrected chi connectivity index (χ4v) is 0. The third kappa shape index (κ3) is 3.85. The van der Waals surface area contributed by atoms with E-state index in [1.165, 1.54) is 0 Å². The lowest BCUT2D eigenvalue weighted by Crippen LogP contribution is -1.59. The molecular formula is C2H4O2S. The van der Waals surface area contributed by atoms with Crippen molar-refractivity contribution in [3.63, 3.8) is 0 Å². The van der Waals surface area contributed by atoms with Gasteiger partial charge in [0, 0.05) is 0 Å². The molecule has 30 valence electrons. The van der Waals surface area contributed by atoms with Crippen molar-refractivity contribution in [1.29, 1.82) is 0 Å². The van der Waals surface area contributed by atoms with Crippen molar-refractivity contribution in [2.75, 3.05) is 0 Å². The third-order valence-corrected chi connectivity index (χ3v) is 0.316. The van der Waals surface area contributed by atoms with Crippen molar-refractivity contribution in [2.24, 2.45) is 0 Å². The van der Waals surface area contributed by atoms with Crippen LogP contribution in [0.15, 0.2) is 11.7 Å². The zero-order valence-electron chi connectivity index (χ0n) is 2.51. The van der Waals surface area contributed by atoms with Gasteiger partial charge in [-0.15, -0.1) is 0 Å². The maximum absolute atomic E-state index is 7.88. The maximum atomic E-state index is 7.88. The molecule has 0 saturated carbocycles. The second kappa shape index (κ2) is 2.11. The molecule has 0 aromatic rings. The Kier molecular flexibility index (Phi) is 2.05. The van der Waals surface area contributed by atoms with Crippen LogP contribution in [0.25, 0.3) is 0 Å². The number of aliphatic hydroxyl groups is 1. The van der Waals surface area contributed by atoms with E-state index in [1.54, 1.807) is 0 Å². The Bertz CT molecular complexity index is 42.9. The lowest BCUT2D eigenvalue weighted by Gasteiger charge is -1.77. The van der Waals surface area contributed by atoms with Crippen LogP contribution in [0.5, 0.6) is 0 Å². The van der Waals surface area contributed by atoms with Gasteiger partial charge in [0.2, 0.25) is 0 Å². The molecule has 0 heterocycles. The molecule has 0 fully saturated rings. The van der Waals surface area contributed by atoms with Gasteiger partial charge in [-0.2, -0.15) is 0 Å². The molecule has 0 amide bonds. The number of hydrogen-bond acceptors (Lipinski definition) is 3. The summed E-state index contributed by atoms with van der Waals surface area (Å²) in [7, 11) is 0. The highest BCUT2D eigenvalue weighted by molar-refractivity contribution is 7.97. The Morgan fingerprint density at radius 1 is 1.80 bits per heavy atom. The van der Waals surface area contributed by atoms with Crippen molar-refractivity contribution in [2.45, 2.75) is 0 Å². The van der Waals surface area contributed by atoms with Gasteiger partial charge in [0.25, 0.3) is 0 Å². The first-order valence-corrected chi connectivity index (χ1v) is 1.74. The summed E-state index contributed by atoms with van der Waals surface area (Å²) < 4.78 is 7.71. The van der Waals surface area contributed by atoms with Crippen LogP contribution in [-0.4, -0.2) is 9.66 Å². The lowest BCUT2D eigenvalue weighted by atomic mass is 11.2. The molecule has 0 unspecified atom stereocenters. The molecule has 0 radical (unpaired) electrons. The normalized spacial score (nSPS) is 7.40. The molecule has 2 N–H and O–H groups in total. The smallest absolute Gasteiger partial charge is 0.169 e. The van der Waals surface area contributed by atoms with Gasteiger partial charge in [-0.1, -0.05) is 0 Å². The summed E-state index contributed by atoms with van der Waals surface area (Å²) in [5, 5.41) is 7.61. The van der Waals surface area contributed by atoms with E-state index in [9.17, 15) is 0 Å². The predicted octanol–water partition coefficient (Wildman–Crippen LogP) is 1.22. The number of aliphatic hydroxyl groups excluding tert-OH is 1. The van der Waals surface area contributed by atoms with E-state index in [1.807, 2.05) is 0 Å². The van der Waals surface area contributed by atoms with Crippen molar-refractivity contribution < 1.29 is 9.66 Å². The molecule has 5 heavy (non-hydrogen) atoms. The van der Waals surface area contributed by atoms with E-state index in [-0.39, 0.29) is 17.1 Å². The van der Waals surface area contributed by atoms with Crippen LogP contribution in [0, 0.1) is 0 Å². The van der Waals surface area contributed by atoms with Crippen LogP contribution in [0.3, 0.4) is 0 Å².